The van der Waals surface area contributed by atoms with Crippen LogP contribution in [0, 0.1) is 0 Å². The predicted molar refractivity (Wildman–Crippen MR) is 206 cm³/mol. The van der Waals surface area contributed by atoms with Gasteiger partial charge in [-0.1, -0.05) is 146 Å². The summed E-state index contributed by atoms with van der Waals surface area (Å²) in [5, 5.41) is 2.12. The van der Waals surface area contributed by atoms with E-state index in [0.717, 1.165) is 55.8 Å². The van der Waals surface area contributed by atoms with E-state index in [1.165, 1.54) is 12.1 Å². The maximum absolute atomic E-state index is 14.6. The van der Waals surface area contributed by atoms with Gasteiger partial charge in [0.2, 0.25) is 0 Å². The van der Waals surface area contributed by atoms with Gasteiger partial charge >= 0.3 is 6.18 Å². The summed E-state index contributed by atoms with van der Waals surface area (Å²) >= 11 is 0. The van der Waals surface area contributed by atoms with Gasteiger partial charge in [0, 0.05) is 33.2 Å². The highest BCUT2D eigenvalue weighted by atomic mass is 19.4. The fourth-order valence-corrected chi connectivity index (χ4v) is 7.04. The van der Waals surface area contributed by atoms with Crippen LogP contribution in [0.5, 0.6) is 0 Å². The van der Waals surface area contributed by atoms with Gasteiger partial charge in [-0.25, -0.2) is 15.0 Å². The fraction of sp³-hybridized carbons (Fsp3) is 0.0217. The first-order chi connectivity index (χ1) is 25.9. The number of benzene rings is 7. The average molecular weight is 695 g/mol. The van der Waals surface area contributed by atoms with E-state index in [4.69, 9.17) is 15.0 Å². The lowest BCUT2D eigenvalue weighted by molar-refractivity contribution is -0.137. The second kappa shape index (κ2) is 13.0. The van der Waals surface area contributed by atoms with Crippen molar-refractivity contribution in [3.8, 4) is 62.1 Å². The molecule has 2 heterocycles. The lowest BCUT2D eigenvalue weighted by atomic mass is 9.94. The predicted octanol–water partition coefficient (Wildman–Crippen LogP) is 12.3. The minimum absolute atomic E-state index is 0.0399. The van der Waals surface area contributed by atoms with Gasteiger partial charge < -0.3 is 4.57 Å². The van der Waals surface area contributed by atoms with Gasteiger partial charge in [-0.15, -0.1) is 0 Å². The molecule has 0 radical (unpaired) electrons. The minimum Gasteiger partial charge on any atom is -0.309 e. The molecule has 9 rings (SSSR count). The maximum atomic E-state index is 14.6. The number of fused-ring (bicyclic) bond motifs is 3. The molecule has 2 aromatic heterocycles. The van der Waals surface area contributed by atoms with Gasteiger partial charge in [-0.2, -0.15) is 13.2 Å². The smallest absolute Gasteiger partial charge is 0.309 e. The number of hydrogen-bond donors (Lipinski definition) is 0. The molecule has 0 saturated heterocycles. The highest BCUT2D eigenvalue weighted by Gasteiger charge is 2.34. The van der Waals surface area contributed by atoms with Gasteiger partial charge in [0.25, 0.3) is 0 Å². The average Bonchev–Trinajstić information content (AvgIpc) is 3.55. The molecule has 0 bridgehead atoms. The standard InChI is InChI=1S/C46H29F3N4/c47-46(48,49)40-22-12-10-20-36(40)35-27-25-34(53-41-23-13-11-21-37(41)38-26-24-33(28-42(38)53)30-14-4-1-5-15-30)29-39(35)45-51-43(31-16-6-2-7-17-31)50-44(52-45)32-18-8-3-9-19-32/h1-29H. The summed E-state index contributed by atoms with van der Waals surface area (Å²) in [6, 6.07) is 55.0. The summed E-state index contributed by atoms with van der Waals surface area (Å²) in [6.45, 7) is 0. The van der Waals surface area contributed by atoms with Gasteiger partial charge in [0.1, 0.15) is 0 Å². The molecule has 0 fully saturated rings. The third-order valence-corrected chi connectivity index (χ3v) is 9.51. The van der Waals surface area contributed by atoms with Crippen molar-refractivity contribution < 1.29 is 13.2 Å². The van der Waals surface area contributed by atoms with Crippen molar-refractivity contribution in [2.45, 2.75) is 6.18 Å². The number of hydrogen-bond acceptors (Lipinski definition) is 3. The van der Waals surface area contributed by atoms with Crippen LogP contribution in [0.2, 0.25) is 0 Å². The Morgan fingerprint density at radius 3 is 1.58 bits per heavy atom. The Kier molecular flexibility index (Phi) is 7.89. The summed E-state index contributed by atoms with van der Waals surface area (Å²) in [7, 11) is 0. The molecule has 0 aliphatic carbocycles. The van der Waals surface area contributed by atoms with Crippen LogP contribution >= 0.6 is 0 Å². The third kappa shape index (κ3) is 5.92. The number of aromatic nitrogens is 4. The molecule has 4 nitrogen and oxygen atoms in total. The van der Waals surface area contributed by atoms with Crippen LogP contribution in [0.4, 0.5) is 13.2 Å². The zero-order valence-corrected chi connectivity index (χ0v) is 28.2. The van der Waals surface area contributed by atoms with Crippen LogP contribution in [0.25, 0.3) is 83.9 Å². The molecule has 0 spiro atoms. The van der Waals surface area contributed by atoms with Crippen molar-refractivity contribution in [2.75, 3.05) is 0 Å². The summed E-state index contributed by atoms with van der Waals surface area (Å²) in [4.78, 5) is 14.8. The zero-order valence-electron chi connectivity index (χ0n) is 28.2. The maximum Gasteiger partial charge on any atom is 0.417 e. The molecule has 0 unspecified atom stereocenters. The normalized spacial score (nSPS) is 11.7. The molecule has 7 aromatic carbocycles. The molecule has 9 aromatic rings. The Morgan fingerprint density at radius 1 is 0.377 bits per heavy atom. The van der Waals surface area contributed by atoms with Gasteiger partial charge in [0.05, 0.1) is 16.6 Å². The minimum atomic E-state index is -4.59. The van der Waals surface area contributed by atoms with Crippen LogP contribution in [-0.2, 0) is 6.18 Å². The quantitative estimate of drug-likeness (QED) is 0.174. The number of nitrogens with zero attached hydrogens (tertiary/aromatic N) is 4. The van der Waals surface area contributed by atoms with E-state index in [1.807, 2.05) is 103 Å². The van der Waals surface area contributed by atoms with E-state index >= 15 is 0 Å². The SMILES string of the molecule is FC(F)(F)c1ccccc1-c1ccc(-n2c3ccccc3c3ccc(-c4ccccc4)cc32)cc1-c1nc(-c2ccccc2)nc(-c2ccccc2)n1. The van der Waals surface area contributed by atoms with Gasteiger partial charge in [-0.05, 0) is 52.6 Å². The lowest BCUT2D eigenvalue weighted by Crippen LogP contribution is -2.08. The highest BCUT2D eigenvalue weighted by molar-refractivity contribution is 6.10. The van der Waals surface area contributed by atoms with E-state index < -0.39 is 11.7 Å². The van der Waals surface area contributed by atoms with Crippen LogP contribution in [0.3, 0.4) is 0 Å². The first-order valence-corrected chi connectivity index (χ1v) is 17.2. The number of para-hydroxylation sites is 1. The van der Waals surface area contributed by atoms with Crippen molar-refractivity contribution in [2.24, 2.45) is 0 Å². The van der Waals surface area contributed by atoms with Gasteiger partial charge in [-0.3, -0.25) is 0 Å². The van der Waals surface area contributed by atoms with Crippen molar-refractivity contribution in [1.82, 2.24) is 19.5 Å². The van der Waals surface area contributed by atoms with Crippen LogP contribution in [0.1, 0.15) is 5.56 Å². The molecule has 53 heavy (non-hydrogen) atoms. The Hall–Kier alpha value is -6.86. The highest BCUT2D eigenvalue weighted by Crippen LogP contribution is 2.43. The molecular formula is C46H29F3N4. The Balaban J connectivity index is 1.35. The van der Waals surface area contributed by atoms with Crippen molar-refractivity contribution in [3.05, 3.63) is 181 Å². The molecule has 7 heteroatoms. The molecule has 0 saturated carbocycles. The largest absolute Gasteiger partial charge is 0.417 e. The first kappa shape index (κ1) is 32.1. The molecular weight excluding hydrogens is 666 g/mol. The lowest BCUT2D eigenvalue weighted by Gasteiger charge is -2.18. The monoisotopic (exact) mass is 694 g/mol. The van der Waals surface area contributed by atoms with Crippen molar-refractivity contribution in [1.29, 1.82) is 0 Å². The molecule has 254 valence electrons. The van der Waals surface area contributed by atoms with Gasteiger partial charge in [0.15, 0.2) is 17.5 Å². The van der Waals surface area contributed by atoms with Crippen molar-refractivity contribution in [3.63, 3.8) is 0 Å². The Labute approximate surface area is 303 Å². The summed E-state index contributed by atoms with van der Waals surface area (Å²) in [5.41, 5.74) is 6.45. The number of alkyl halides is 3. The fourth-order valence-electron chi connectivity index (χ4n) is 7.04. The summed E-state index contributed by atoms with van der Waals surface area (Å²) < 4.78 is 46.0. The zero-order chi connectivity index (χ0) is 35.9. The summed E-state index contributed by atoms with van der Waals surface area (Å²) in [5.74, 6) is 1.09. The third-order valence-electron chi connectivity index (χ3n) is 9.51. The molecule has 0 amide bonds. The number of rotatable bonds is 6. The second-order valence-electron chi connectivity index (χ2n) is 12.8. The van der Waals surface area contributed by atoms with Crippen LogP contribution < -0.4 is 0 Å². The van der Waals surface area contributed by atoms with E-state index in [0.29, 0.717) is 22.8 Å². The van der Waals surface area contributed by atoms with E-state index in [2.05, 4.69) is 47.0 Å². The first-order valence-electron chi connectivity index (χ1n) is 17.2. The van der Waals surface area contributed by atoms with Crippen LogP contribution in [0.15, 0.2) is 176 Å². The Morgan fingerprint density at radius 2 is 0.925 bits per heavy atom. The number of halogens is 3. The molecule has 0 aliphatic rings. The van der Waals surface area contributed by atoms with E-state index in [9.17, 15) is 13.2 Å². The second-order valence-corrected chi connectivity index (χ2v) is 12.8. The van der Waals surface area contributed by atoms with E-state index in [1.54, 1.807) is 12.1 Å². The molecule has 0 aliphatic heterocycles. The van der Waals surface area contributed by atoms with E-state index in [-0.39, 0.29) is 11.4 Å². The topological polar surface area (TPSA) is 43.6 Å². The molecule has 0 N–H and O–H groups in total. The summed E-state index contributed by atoms with van der Waals surface area (Å²) in [6.07, 6.45) is -4.59. The van der Waals surface area contributed by atoms with Crippen molar-refractivity contribution >= 4 is 21.8 Å². The van der Waals surface area contributed by atoms with Crippen LogP contribution in [-0.4, -0.2) is 19.5 Å². The Bertz CT molecular complexity index is 2700. The molecule has 0 atom stereocenters.